The number of thiophene rings is 1. The molecular formula is C36H22S. The van der Waals surface area contributed by atoms with Crippen LogP contribution in [0.15, 0.2) is 133 Å². The number of fused-ring (bicyclic) bond motifs is 11. The molecule has 7 aromatic rings. The van der Waals surface area contributed by atoms with Gasteiger partial charge in [0.15, 0.2) is 0 Å². The van der Waals surface area contributed by atoms with E-state index < -0.39 is 0 Å². The number of benzene rings is 6. The molecule has 172 valence electrons. The average molecular weight is 487 g/mol. The molecule has 0 atom stereocenters. The van der Waals surface area contributed by atoms with Crippen molar-refractivity contribution in [3.05, 3.63) is 133 Å². The molecule has 0 fully saturated rings. The quantitative estimate of drug-likeness (QED) is 0.216. The van der Waals surface area contributed by atoms with E-state index in [0.717, 1.165) is 0 Å². The van der Waals surface area contributed by atoms with Crippen LogP contribution in [0.4, 0.5) is 0 Å². The van der Waals surface area contributed by atoms with Crippen molar-refractivity contribution in [2.45, 2.75) is 0 Å². The maximum absolute atomic E-state index is 2.41. The lowest BCUT2D eigenvalue weighted by atomic mass is 9.80. The van der Waals surface area contributed by atoms with E-state index >= 15 is 0 Å². The Morgan fingerprint density at radius 3 is 1.41 bits per heavy atom. The van der Waals surface area contributed by atoms with Crippen LogP contribution in [-0.2, 0) is 0 Å². The summed E-state index contributed by atoms with van der Waals surface area (Å²) >= 11 is 1.89. The van der Waals surface area contributed by atoms with Crippen LogP contribution in [0.1, 0.15) is 0 Å². The van der Waals surface area contributed by atoms with E-state index in [1.54, 1.807) is 0 Å². The second kappa shape index (κ2) is 8.03. The van der Waals surface area contributed by atoms with E-state index in [1.807, 2.05) is 11.3 Å². The Hall–Kier alpha value is -4.46. The zero-order chi connectivity index (χ0) is 24.3. The van der Waals surface area contributed by atoms with Gasteiger partial charge < -0.3 is 0 Å². The largest absolute Gasteiger partial charge is 0.135 e. The van der Waals surface area contributed by atoms with Crippen LogP contribution < -0.4 is 0 Å². The van der Waals surface area contributed by atoms with Gasteiger partial charge in [-0.1, -0.05) is 121 Å². The van der Waals surface area contributed by atoms with Crippen molar-refractivity contribution in [1.29, 1.82) is 0 Å². The highest BCUT2D eigenvalue weighted by molar-refractivity contribution is 7.26. The average Bonchev–Trinajstić information content (AvgIpc) is 3.35. The van der Waals surface area contributed by atoms with Gasteiger partial charge in [-0.2, -0.15) is 0 Å². The van der Waals surface area contributed by atoms with Gasteiger partial charge in [0.05, 0.1) is 0 Å². The molecule has 6 aromatic carbocycles. The van der Waals surface area contributed by atoms with Crippen molar-refractivity contribution in [3.8, 4) is 55.6 Å². The molecule has 0 radical (unpaired) electrons. The van der Waals surface area contributed by atoms with Gasteiger partial charge in [-0.25, -0.2) is 0 Å². The molecular weight excluding hydrogens is 464 g/mol. The molecule has 1 aliphatic carbocycles. The first-order chi connectivity index (χ1) is 18.4. The third-order valence-electron chi connectivity index (χ3n) is 7.68. The summed E-state index contributed by atoms with van der Waals surface area (Å²) in [5.74, 6) is 0. The van der Waals surface area contributed by atoms with Gasteiger partial charge in [0.2, 0.25) is 0 Å². The minimum atomic E-state index is 1.26. The SMILES string of the molecule is c1ccc2c(c1)-c1ccccc1-c1ccc(-c3cccc4c3sc3ccccc34)cc1-c1ccccc1-2. The smallest absolute Gasteiger partial charge is 0.0433 e. The summed E-state index contributed by atoms with van der Waals surface area (Å²) in [5.41, 5.74) is 12.8. The molecule has 37 heavy (non-hydrogen) atoms. The van der Waals surface area contributed by atoms with Crippen molar-refractivity contribution in [3.63, 3.8) is 0 Å². The molecule has 1 aromatic heterocycles. The summed E-state index contributed by atoms with van der Waals surface area (Å²) in [5, 5.41) is 2.68. The van der Waals surface area contributed by atoms with Gasteiger partial charge in [-0.05, 0) is 67.8 Å². The monoisotopic (exact) mass is 486 g/mol. The first-order valence-corrected chi connectivity index (χ1v) is 13.5. The van der Waals surface area contributed by atoms with Crippen LogP contribution in [0, 0.1) is 0 Å². The van der Waals surface area contributed by atoms with Crippen molar-refractivity contribution in [2.75, 3.05) is 0 Å². The third kappa shape index (κ3) is 3.08. The number of hydrogen-bond donors (Lipinski definition) is 0. The lowest BCUT2D eigenvalue weighted by Gasteiger charge is -2.23. The minimum Gasteiger partial charge on any atom is -0.135 e. The first kappa shape index (κ1) is 20.7. The van der Waals surface area contributed by atoms with E-state index in [2.05, 4.69) is 133 Å². The molecule has 0 spiro atoms. The van der Waals surface area contributed by atoms with Crippen molar-refractivity contribution < 1.29 is 0 Å². The Kier molecular flexibility index (Phi) is 4.49. The third-order valence-corrected chi connectivity index (χ3v) is 8.90. The predicted octanol–water partition coefficient (Wildman–Crippen LogP) is 10.7. The summed E-state index contributed by atoms with van der Waals surface area (Å²) in [4.78, 5) is 0. The number of rotatable bonds is 1. The number of hydrogen-bond acceptors (Lipinski definition) is 1. The second-order valence-corrected chi connectivity index (χ2v) is 10.7. The van der Waals surface area contributed by atoms with Gasteiger partial charge in [-0.3, -0.25) is 0 Å². The van der Waals surface area contributed by atoms with E-state index in [9.17, 15) is 0 Å². The molecule has 1 heteroatoms. The zero-order valence-electron chi connectivity index (χ0n) is 20.1. The molecule has 0 amide bonds. The molecule has 0 aliphatic heterocycles. The van der Waals surface area contributed by atoms with Gasteiger partial charge in [0, 0.05) is 20.2 Å². The Morgan fingerprint density at radius 1 is 0.324 bits per heavy atom. The highest BCUT2D eigenvalue weighted by atomic mass is 32.1. The van der Waals surface area contributed by atoms with Gasteiger partial charge in [0.1, 0.15) is 0 Å². The molecule has 0 saturated heterocycles. The van der Waals surface area contributed by atoms with Crippen molar-refractivity contribution in [1.82, 2.24) is 0 Å². The van der Waals surface area contributed by atoms with Crippen LogP contribution in [0.25, 0.3) is 75.8 Å². The van der Waals surface area contributed by atoms with Crippen LogP contribution in [0.2, 0.25) is 0 Å². The summed E-state index contributed by atoms with van der Waals surface area (Å²) < 4.78 is 2.70. The fourth-order valence-corrected chi connectivity index (χ4v) is 7.24. The summed E-state index contributed by atoms with van der Waals surface area (Å²) in [6.45, 7) is 0. The normalized spacial score (nSPS) is 11.8. The summed E-state index contributed by atoms with van der Waals surface area (Å²) in [6.07, 6.45) is 0. The van der Waals surface area contributed by atoms with E-state index in [4.69, 9.17) is 0 Å². The van der Waals surface area contributed by atoms with E-state index in [-0.39, 0.29) is 0 Å². The van der Waals surface area contributed by atoms with E-state index in [0.29, 0.717) is 0 Å². The lowest BCUT2D eigenvalue weighted by molar-refractivity contribution is 1.52. The second-order valence-electron chi connectivity index (χ2n) is 9.68. The Balaban J connectivity index is 1.45. The maximum Gasteiger partial charge on any atom is 0.0433 e. The fourth-order valence-electron chi connectivity index (χ4n) is 6.00. The Labute approximate surface area is 220 Å². The van der Waals surface area contributed by atoms with Crippen molar-refractivity contribution in [2.24, 2.45) is 0 Å². The van der Waals surface area contributed by atoms with E-state index in [1.165, 1.54) is 75.8 Å². The maximum atomic E-state index is 2.41. The lowest BCUT2D eigenvalue weighted by Crippen LogP contribution is -1.97. The fraction of sp³-hybridized carbons (Fsp3) is 0. The standard InChI is InChI=1S/C36H22S/c1-2-11-26-25(10-1)27-12-3-4-14-29(27)31-21-20-23(22-34(31)30-15-6-5-13-28(26)30)24-17-9-18-33-32-16-7-8-19-35(32)37-36(24)33/h1-22H. The summed E-state index contributed by atoms with van der Waals surface area (Å²) in [7, 11) is 0. The van der Waals surface area contributed by atoms with Crippen LogP contribution in [0.3, 0.4) is 0 Å². The molecule has 1 aliphatic rings. The zero-order valence-corrected chi connectivity index (χ0v) is 20.9. The highest BCUT2D eigenvalue weighted by Crippen LogP contribution is 2.49. The molecule has 0 nitrogen and oxygen atoms in total. The van der Waals surface area contributed by atoms with Crippen LogP contribution in [-0.4, -0.2) is 0 Å². The van der Waals surface area contributed by atoms with Gasteiger partial charge in [-0.15, -0.1) is 11.3 Å². The predicted molar refractivity (Wildman–Crippen MR) is 160 cm³/mol. The highest BCUT2D eigenvalue weighted by Gasteiger charge is 2.22. The molecule has 0 N–H and O–H groups in total. The molecule has 8 rings (SSSR count). The van der Waals surface area contributed by atoms with Crippen LogP contribution in [0.5, 0.6) is 0 Å². The molecule has 0 unspecified atom stereocenters. The Bertz CT molecular complexity index is 1980. The summed E-state index contributed by atoms with van der Waals surface area (Å²) in [6, 6.07) is 49.1. The molecule has 0 bridgehead atoms. The molecule has 0 saturated carbocycles. The van der Waals surface area contributed by atoms with Gasteiger partial charge in [0.25, 0.3) is 0 Å². The van der Waals surface area contributed by atoms with Crippen molar-refractivity contribution >= 4 is 31.5 Å². The first-order valence-electron chi connectivity index (χ1n) is 12.7. The molecule has 1 heterocycles. The minimum absolute atomic E-state index is 1.26. The topological polar surface area (TPSA) is 0 Å². The Morgan fingerprint density at radius 2 is 0.784 bits per heavy atom. The van der Waals surface area contributed by atoms with Gasteiger partial charge >= 0.3 is 0 Å². The van der Waals surface area contributed by atoms with Crippen LogP contribution >= 0.6 is 11.3 Å².